The Labute approximate surface area is 197 Å². The summed E-state index contributed by atoms with van der Waals surface area (Å²) in [7, 11) is 3.01. The summed E-state index contributed by atoms with van der Waals surface area (Å²) in [5.74, 6) is 0.887. The van der Waals surface area contributed by atoms with Crippen LogP contribution in [0.4, 0.5) is 0 Å². The molecule has 0 aliphatic carbocycles. The van der Waals surface area contributed by atoms with Crippen molar-refractivity contribution < 1.29 is 43.8 Å². The van der Waals surface area contributed by atoms with Gasteiger partial charge in [-0.3, -0.25) is 4.79 Å². The summed E-state index contributed by atoms with van der Waals surface area (Å²) in [5, 5.41) is 30.0. The third-order valence-corrected chi connectivity index (χ3v) is 6.17. The lowest BCUT2D eigenvalue weighted by atomic mass is 9.90. The highest BCUT2D eigenvalue weighted by atomic mass is 16.5. The van der Waals surface area contributed by atoms with E-state index in [0.717, 1.165) is 23.3 Å². The minimum atomic E-state index is -1.61. The van der Waals surface area contributed by atoms with E-state index < -0.39 is 36.8 Å². The monoisotopic (exact) mass is 474 g/mol. The van der Waals surface area contributed by atoms with Crippen LogP contribution >= 0.6 is 0 Å². The van der Waals surface area contributed by atoms with E-state index >= 15 is 0 Å². The van der Waals surface area contributed by atoms with Gasteiger partial charge in [0.05, 0.1) is 34.0 Å². The lowest BCUT2D eigenvalue weighted by molar-refractivity contribution is -0.189. The molecule has 1 unspecified atom stereocenters. The maximum Gasteiger partial charge on any atom is 0.195 e. The van der Waals surface area contributed by atoms with Gasteiger partial charge in [-0.25, -0.2) is 0 Å². The lowest BCUT2D eigenvalue weighted by Gasteiger charge is -2.36. The van der Waals surface area contributed by atoms with Crippen molar-refractivity contribution in [1.29, 1.82) is 0 Å². The van der Waals surface area contributed by atoms with Gasteiger partial charge in [0.2, 0.25) is 0 Å². The normalized spacial score (nSPS) is 27.0. The summed E-state index contributed by atoms with van der Waals surface area (Å²) in [5.41, 5.74) is 2.20. The summed E-state index contributed by atoms with van der Waals surface area (Å²) in [6.45, 7) is 0.744. The fourth-order valence-corrected chi connectivity index (χ4v) is 4.29. The Morgan fingerprint density at radius 3 is 2.38 bits per heavy atom. The fraction of sp³-hybridized carbons (Fsp3) is 0.480. The van der Waals surface area contributed by atoms with Gasteiger partial charge in [0.1, 0.15) is 47.8 Å². The Morgan fingerprint density at radius 1 is 1.03 bits per heavy atom. The number of Topliss-reactive ketones (excluding diaryl/α,β-unsaturated/α-hetero) is 1. The molecule has 4 rings (SSSR count). The van der Waals surface area contributed by atoms with Crippen LogP contribution in [-0.4, -0.2) is 79.6 Å². The highest BCUT2D eigenvalue weighted by Crippen LogP contribution is 2.39. The third-order valence-electron chi connectivity index (χ3n) is 6.17. The van der Waals surface area contributed by atoms with E-state index in [4.69, 9.17) is 23.7 Å². The number of aliphatic hydroxyl groups excluding tert-OH is 3. The zero-order chi connectivity index (χ0) is 24.2. The molecule has 2 aromatic rings. The van der Waals surface area contributed by atoms with Crippen molar-refractivity contribution in [2.45, 2.75) is 43.4 Å². The fourth-order valence-electron chi connectivity index (χ4n) is 4.29. The minimum Gasteiger partial charge on any atom is -0.496 e. The maximum absolute atomic E-state index is 12.4. The van der Waals surface area contributed by atoms with Gasteiger partial charge in [-0.15, -0.1) is 0 Å². The average Bonchev–Trinajstić information content (AvgIpc) is 3.37. The molecule has 2 aliphatic heterocycles. The second-order valence-electron chi connectivity index (χ2n) is 8.40. The minimum absolute atomic E-state index is 0.0704. The van der Waals surface area contributed by atoms with Gasteiger partial charge < -0.3 is 39.0 Å². The molecule has 9 nitrogen and oxygen atoms in total. The number of aliphatic hydroxyl groups is 3. The molecule has 2 heterocycles. The van der Waals surface area contributed by atoms with Gasteiger partial charge in [-0.1, -0.05) is 12.1 Å². The SMILES string of the molecule is COc1cc(OC)c([C@@H]2O[C@H](CO)[C@H](O)C(=O)C2O)cc1Cc1ccc(O[C@H]2CCOC2)cc1. The average molecular weight is 475 g/mol. The lowest BCUT2D eigenvalue weighted by Crippen LogP contribution is -2.52. The quantitative estimate of drug-likeness (QED) is 0.517. The standard InChI is InChI=1S/C25H30O9/c1-30-19-11-20(31-2)18(25-24(29)23(28)22(27)21(12-26)34-25)10-15(19)9-14-3-5-16(6-4-14)33-17-7-8-32-13-17/h3-6,10-11,17,21-22,24-27,29H,7-9,12-13H2,1-2H3/t17-,21+,22-,24?,25-/m0/s1. The molecule has 2 aliphatic rings. The second-order valence-corrected chi connectivity index (χ2v) is 8.40. The molecule has 2 fully saturated rings. The van der Waals surface area contributed by atoms with Crippen LogP contribution in [0, 0.1) is 0 Å². The van der Waals surface area contributed by atoms with E-state index in [9.17, 15) is 20.1 Å². The van der Waals surface area contributed by atoms with Gasteiger partial charge in [-0.2, -0.15) is 0 Å². The number of carbonyl (C=O) groups is 1. The van der Waals surface area contributed by atoms with E-state index in [1.54, 1.807) is 19.2 Å². The van der Waals surface area contributed by atoms with Crippen molar-refractivity contribution in [1.82, 2.24) is 0 Å². The number of rotatable bonds is 8. The second kappa shape index (κ2) is 10.7. The Bertz CT molecular complexity index is 985. The number of methoxy groups -OCH3 is 2. The van der Waals surface area contributed by atoms with E-state index in [0.29, 0.717) is 36.7 Å². The molecule has 0 aromatic heterocycles. The molecule has 2 saturated heterocycles. The molecule has 9 heteroatoms. The summed E-state index contributed by atoms with van der Waals surface area (Å²) in [4.78, 5) is 12.4. The summed E-state index contributed by atoms with van der Waals surface area (Å²) >= 11 is 0. The van der Waals surface area contributed by atoms with E-state index in [1.807, 2.05) is 24.3 Å². The van der Waals surface area contributed by atoms with E-state index in [-0.39, 0.29) is 6.10 Å². The molecule has 184 valence electrons. The van der Waals surface area contributed by atoms with Gasteiger partial charge in [0.15, 0.2) is 5.78 Å². The number of carbonyl (C=O) groups excluding carboxylic acids is 1. The molecule has 2 aromatic carbocycles. The molecule has 0 radical (unpaired) electrons. The van der Waals surface area contributed by atoms with Crippen molar-refractivity contribution in [2.24, 2.45) is 0 Å². The number of benzene rings is 2. The zero-order valence-corrected chi connectivity index (χ0v) is 19.2. The Balaban J connectivity index is 1.60. The van der Waals surface area contributed by atoms with Gasteiger partial charge in [-0.05, 0) is 29.3 Å². The van der Waals surface area contributed by atoms with Crippen molar-refractivity contribution in [3.8, 4) is 17.2 Å². The number of ketones is 1. The molecule has 3 N–H and O–H groups in total. The number of hydrogen-bond acceptors (Lipinski definition) is 9. The van der Waals surface area contributed by atoms with Crippen LogP contribution in [0.5, 0.6) is 17.2 Å². The van der Waals surface area contributed by atoms with Crippen molar-refractivity contribution in [3.63, 3.8) is 0 Å². The summed E-state index contributed by atoms with van der Waals surface area (Å²) in [6.07, 6.45) is -4.03. The van der Waals surface area contributed by atoms with Crippen molar-refractivity contribution >= 4 is 5.78 Å². The Morgan fingerprint density at radius 2 is 1.76 bits per heavy atom. The molecule has 0 bridgehead atoms. The van der Waals surface area contributed by atoms with Crippen LogP contribution < -0.4 is 14.2 Å². The summed E-state index contributed by atoms with van der Waals surface area (Å²) < 4.78 is 28.0. The zero-order valence-electron chi connectivity index (χ0n) is 19.2. The molecule has 0 saturated carbocycles. The predicted molar refractivity (Wildman–Crippen MR) is 120 cm³/mol. The number of ether oxygens (including phenoxy) is 5. The first kappa shape index (κ1) is 24.4. The predicted octanol–water partition coefficient (Wildman–Crippen LogP) is 1.19. The van der Waals surface area contributed by atoms with Crippen LogP contribution in [0.15, 0.2) is 36.4 Å². The van der Waals surface area contributed by atoms with Crippen molar-refractivity contribution in [2.75, 3.05) is 34.0 Å². The number of hydrogen-bond donors (Lipinski definition) is 3. The Kier molecular flexibility index (Phi) is 7.70. The van der Waals surface area contributed by atoms with Crippen LogP contribution in [-0.2, 0) is 20.7 Å². The largest absolute Gasteiger partial charge is 0.496 e. The van der Waals surface area contributed by atoms with Crippen molar-refractivity contribution in [3.05, 3.63) is 53.1 Å². The molecule has 0 spiro atoms. The summed E-state index contributed by atoms with van der Waals surface area (Å²) in [6, 6.07) is 11.2. The van der Waals surface area contributed by atoms with Crippen LogP contribution in [0.3, 0.4) is 0 Å². The van der Waals surface area contributed by atoms with E-state index in [2.05, 4.69) is 0 Å². The van der Waals surface area contributed by atoms with Crippen LogP contribution in [0.2, 0.25) is 0 Å². The van der Waals surface area contributed by atoms with Gasteiger partial charge >= 0.3 is 0 Å². The topological polar surface area (TPSA) is 124 Å². The van der Waals surface area contributed by atoms with Gasteiger partial charge in [0, 0.05) is 24.5 Å². The molecular formula is C25H30O9. The Hall–Kier alpha value is -2.69. The molecular weight excluding hydrogens is 444 g/mol. The highest BCUT2D eigenvalue weighted by Gasteiger charge is 2.44. The highest BCUT2D eigenvalue weighted by molar-refractivity contribution is 5.89. The first-order valence-electron chi connectivity index (χ1n) is 11.2. The first-order valence-corrected chi connectivity index (χ1v) is 11.2. The smallest absolute Gasteiger partial charge is 0.195 e. The van der Waals surface area contributed by atoms with E-state index in [1.165, 1.54) is 7.11 Å². The van der Waals surface area contributed by atoms with Gasteiger partial charge in [0.25, 0.3) is 0 Å². The first-order chi connectivity index (χ1) is 16.4. The molecule has 34 heavy (non-hydrogen) atoms. The molecule has 0 amide bonds. The third kappa shape index (κ3) is 5.03. The maximum atomic E-state index is 12.4. The van der Waals surface area contributed by atoms with Crippen LogP contribution in [0.1, 0.15) is 29.2 Å². The van der Waals surface area contributed by atoms with Crippen LogP contribution in [0.25, 0.3) is 0 Å². The molecule has 5 atom stereocenters.